The first kappa shape index (κ1) is 23.2. The van der Waals surface area contributed by atoms with Crippen molar-refractivity contribution in [2.75, 3.05) is 39.8 Å². The summed E-state index contributed by atoms with van der Waals surface area (Å²) in [6.07, 6.45) is 1.61. The van der Waals surface area contributed by atoms with Crippen molar-refractivity contribution in [3.63, 3.8) is 0 Å². The highest BCUT2D eigenvalue weighted by molar-refractivity contribution is 7.89. The zero-order chi connectivity index (χ0) is 22.1. The first-order valence-electron chi connectivity index (χ1n) is 10.7. The minimum atomic E-state index is -3.42. The van der Waals surface area contributed by atoms with Crippen molar-refractivity contribution >= 4 is 16.0 Å². The van der Waals surface area contributed by atoms with Crippen molar-refractivity contribution in [3.8, 4) is 0 Å². The van der Waals surface area contributed by atoms with E-state index in [0.717, 1.165) is 24.9 Å². The van der Waals surface area contributed by atoms with Crippen LogP contribution in [-0.4, -0.2) is 63.6 Å². The molecule has 0 radical (unpaired) electrons. The van der Waals surface area contributed by atoms with Crippen molar-refractivity contribution in [1.82, 2.24) is 14.9 Å². The Kier molecular flexibility index (Phi) is 8.45. The Balaban J connectivity index is 1.45. The van der Waals surface area contributed by atoms with Gasteiger partial charge in [-0.3, -0.25) is 4.99 Å². The number of hydrogen-bond donors (Lipinski definition) is 3. The van der Waals surface area contributed by atoms with Crippen molar-refractivity contribution in [2.45, 2.75) is 23.7 Å². The first-order valence-corrected chi connectivity index (χ1v) is 12.1. The summed E-state index contributed by atoms with van der Waals surface area (Å²) in [5, 5.41) is 16.3. The molecule has 3 N–H and O–H groups in total. The van der Waals surface area contributed by atoms with E-state index in [2.05, 4.69) is 15.6 Å². The highest BCUT2D eigenvalue weighted by Gasteiger charge is 2.29. The molecule has 1 atom stereocenters. The van der Waals surface area contributed by atoms with Gasteiger partial charge in [0.25, 0.3) is 0 Å². The lowest BCUT2D eigenvalue weighted by atomic mass is 9.98. The second-order valence-corrected chi connectivity index (χ2v) is 9.72. The van der Waals surface area contributed by atoms with E-state index in [-0.39, 0.29) is 12.5 Å². The Bertz CT molecular complexity index is 928. The fourth-order valence-electron chi connectivity index (χ4n) is 3.79. The smallest absolute Gasteiger partial charge is 0.243 e. The molecule has 8 heteroatoms. The number of aliphatic hydroxyl groups is 1. The maximum absolute atomic E-state index is 12.8. The van der Waals surface area contributed by atoms with Crippen LogP contribution in [0.25, 0.3) is 0 Å². The zero-order valence-electron chi connectivity index (χ0n) is 17.9. The fourth-order valence-corrected chi connectivity index (χ4v) is 5.28. The molecule has 1 heterocycles. The molecule has 1 saturated heterocycles. The molecule has 31 heavy (non-hydrogen) atoms. The van der Waals surface area contributed by atoms with E-state index in [1.807, 2.05) is 36.4 Å². The molecule has 0 aliphatic carbocycles. The topological polar surface area (TPSA) is 94.0 Å². The third-order valence-electron chi connectivity index (χ3n) is 5.74. The van der Waals surface area contributed by atoms with Gasteiger partial charge in [-0.15, -0.1) is 0 Å². The number of guanidine groups is 1. The summed E-state index contributed by atoms with van der Waals surface area (Å²) in [4.78, 5) is 4.63. The van der Waals surface area contributed by atoms with Gasteiger partial charge in [0, 0.05) is 39.1 Å². The number of benzene rings is 2. The van der Waals surface area contributed by atoms with Gasteiger partial charge in [0.2, 0.25) is 10.0 Å². The van der Waals surface area contributed by atoms with Crippen LogP contribution in [0.3, 0.4) is 0 Å². The second-order valence-electron chi connectivity index (χ2n) is 7.78. The summed E-state index contributed by atoms with van der Waals surface area (Å²) in [7, 11) is -1.69. The number of hydrogen-bond acceptors (Lipinski definition) is 4. The normalized spacial score (nSPS) is 17.3. The number of rotatable bonds is 8. The summed E-state index contributed by atoms with van der Waals surface area (Å²) in [5.74, 6) is 1.06. The van der Waals surface area contributed by atoms with Gasteiger partial charge in [-0.05, 0) is 36.5 Å². The lowest BCUT2D eigenvalue weighted by Crippen LogP contribution is -2.45. The lowest BCUT2D eigenvalue weighted by Gasteiger charge is -2.31. The number of nitrogens with one attached hydrogen (secondary N) is 2. The average molecular weight is 445 g/mol. The van der Waals surface area contributed by atoms with E-state index >= 15 is 0 Å². The van der Waals surface area contributed by atoms with Crippen LogP contribution in [0, 0.1) is 5.92 Å². The molecule has 0 saturated carbocycles. The standard InChI is InChI=1S/C23H32N4O3S/c1-24-23(26-17-21(18-28)20-8-4-2-5-9-20)25-16-19-12-14-27(15-13-19)31(29,30)22-10-6-3-7-11-22/h2-11,19,21,28H,12-18H2,1H3,(H2,24,25,26). The third-order valence-corrected chi connectivity index (χ3v) is 7.66. The number of sulfonamides is 1. The minimum absolute atomic E-state index is 0.00816. The predicted octanol–water partition coefficient (Wildman–Crippen LogP) is 2.03. The maximum atomic E-state index is 12.8. The van der Waals surface area contributed by atoms with Crippen molar-refractivity contribution < 1.29 is 13.5 Å². The van der Waals surface area contributed by atoms with Crippen LogP contribution in [0.1, 0.15) is 24.3 Å². The number of piperidine rings is 1. The van der Waals surface area contributed by atoms with Gasteiger partial charge in [-0.25, -0.2) is 8.42 Å². The molecule has 2 aromatic carbocycles. The van der Waals surface area contributed by atoms with Crippen LogP contribution in [-0.2, 0) is 10.0 Å². The highest BCUT2D eigenvalue weighted by Crippen LogP contribution is 2.23. The molecule has 168 valence electrons. The number of aliphatic hydroxyl groups excluding tert-OH is 1. The maximum Gasteiger partial charge on any atom is 0.243 e. The summed E-state index contributed by atoms with van der Waals surface area (Å²) >= 11 is 0. The van der Waals surface area contributed by atoms with Gasteiger partial charge in [0.1, 0.15) is 0 Å². The predicted molar refractivity (Wildman–Crippen MR) is 124 cm³/mol. The Morgan fingerprint density at radius 1 is 1.06 bits per heavy atom. The van der Waals surface area contributed by atoms with Crippen molar-refractivity contribution in [1.29, 1.82) is 0 Å². The van der Waals surface area contributed by atoms with Gasteiger partial charge >= 0.3 is 0 Å². The van der Waals surface area contributed by atoms with Crippen LogP contribution in [0.4, 0.5) is 0 Å². The Morgan fingerprint density at radius 3 is 2.26 bits per heavy atom. The van der Waals surface area contributed by atoms with Gasteiger partial charge in [0.05, 0.1) is 11.5 Å². The Morgan fingerprint density at radius 2 is 1.68 bits per heavy atom. The first-order chi connectivity index (χ1) is 15.0. The molecule has 0 aromatic heterocycles. The van der Waals surface area contributed by atoms with E-state index in [1.54, 1.807) is 35.6 Å². The molecule has 7 nitrogen and oxygen atoms in total. The summed E-state index contributed by atoms with van der Waals surface area (Å²) in [5.41, 5.74) is 1.08. The second kappa shape index (κ2) is 11.3. The molecule has 0 spiro atoms. The minimum Gasteiger partial charge on any atom is -0.396 e. The quantitative estimate of drug-likeness (QED) is 0.428. The van der Waals surface area contributed by atoms with E-state index in [1.165, 1.54) is 0 Å². The number of aliphatic imine (C=N–C) groups is 1. The van der Waals surface area contributed by atoms with Gasteiger partial charge in [-0.1, -0.05) is 48.5 Å². The van der Waals surface area contributed by atoms with Crippen molar-refractivity contribution in [2.24, 2.45) is 10.9 Å². The Hall–Kier alpha value is -2.42. The third kappa shape index (κ3) is 6.29. The number of nitrogens with zero attached hydrogens (tertiary/aromatic N) is 2. The summed E-state index contributed by atoms with van der Waals surface area (Å²) in [6, 6.07) is 18.5. The van der Waals surface area contributed by atoms with E-state index < -0.39 is 10.0 Å². The van der Waals surface area contributed by atoms with Crippen LogP contribution >= 0.6 is 0 Å². The molecule has 2 aromatic rings. The van der Waals surface area contributed by atoms with Crippen molar-refractivity contribution in [3.05, 3.63) is 66.2 Å². The highest BCUT2D eigenvalue weighted by atomic mass is 32.2. The van der Waals surface area contributed by atoms with Crippen LogP contribution in [0.5, 0.6) is 0 Å². The monoisotopic (exact) mass is 444 g/mol. The SMILES string of the molecule is CN=C(NCC1CCN(S(=O)(=O)c2ccccc2)CC1)NCC(CO)c1ccccc1. The molecule has 1 unspecified atom stereocenters. The molecular formula is C23H32N4O3S. The molecular weight excluding hydrogens is 412 g/mol. The average Bonchev–Trinajstić information content (AvgIpc) is 2.83. The Labute approximate surface area is 185 Å². The molecule has 0 bridgehead atoms. The van der Waals surface area contributed by atoms with Crippen LogP contribution < -0.4 is 10.6 Å². The molecule has 3 rings (SSSR count). The zero-order valence-corrected chi connectivity index (χ0v) is 18.8. The molecule has 1 aliphatic heterocycles. The molecule has 1 fully saturated rings. The van der Waals surface area contributed by atoms with E-state index in [0.29, 0.717) is 36.4 Å². The van der Waals surface area contributed by atoms with Gasteiger partial charge in [-0.2, -0.15) is 4.31 Å². The summed E-state index contributed by atoms with van der Waals surface area (Å²) in [6.45, 7) is 2.41. The van der Waals surface area contributed by atoms with E-state index in [4.69, 9.17) is 0 Å². The van der Waals surface area contributed by atoms with E-state index in [9.17, 15) is 13.5 Å². The summed E-state index contributed by atoms with van der Waals surface area (Å²) < 4.78 is 27.1. The lowest BCUT2D eigenvalue weighted by molar-refractivity contribution is 0.264. The van der Waals surface area contributed by atoms with Gasteiger partial charge in [0.15, 0.2) is 5.96 Å². The fraction of sp³-hybridized carbons (Fsp3) is 0.435. The largest absolute Gasteiger partial charge is 0.396 e. The molecule has 0 amide bonds. The van der Waals surface area contributed by atoms with Crippen LogP contribution in [0.2, 0.25) is 0 Å². The molecule has 1 aliphatic rings. The van der Waals surface area contributed by atoms with Crippen LogP contribution in [0.15, 0.2) is 70.6 Å². The van der Waals surface area contributed by atoms with Gasteiger partial charge < -0.3 is 15.7 Å².